The molecule has 334 valence electrons. The number of primary amides is 1. The molecule has 4 rings (SSSR count). The van der Waals surface area contributed by atoms with Gasteiger partial charge in [-0.2, -0.15) is 8.78 Å². The first-order valence-electron chi connectivity index (χ1n) is 19.6. The van der Waals surface area contributed by atoms with E-state index in [4.69, 9.17) is 5.73 Å². The third-order valence-corrected chi connectivity index (χ3v) is 9.79. The molecule has 1 aliphatic rings. The van der Waals surface area contributed by atoms with E-state index in [-0.39, 0.29) is 51.1 Å². The number of nitrogens with zero attached hydrogens (tertiary/aromatic N) is 1. The lowest BCUT2D eigenvalue weighted by Gasteiger charge is -2.30. The van der Waals surface area contributed by atoms with Gasteiger partial charge in [-0.25, -0.2) is 18.0 Å². The number of carbonyl (C=O) groups is 7. The van der Waals surface area contributed by atoms with E-state index in [2.05, 4.69) is 36.6 Å². The van der Waals surface area contributed by atoms with E-state index in [1.54, 1.807) is 24.3 Å². The second kappa shape index (κ2) is 24.0. The van der Waals surface area contributed by atoms with Crippen molar-refractivity contribution in [2.45, 2.75) is 63.6 Å². The molecule has 2 atom stereocenters. The molecule has 1 fully saturated rings. The van der Waals surface area contributed by atoms with E-state index >= 15 is 0 Å². The van der Waals surface area contributed by atoms with Crippen LogP contribution in [0.15, 0.2) is 54.6 Å². The normalized spacial score (nSPS) is 13.8. The molecule has 3 aromatic carbocycles. The Hall–Kier alpha value is -6.64. The van der Waals surface area contributed by atoms with Crippen molar-refractivity contribution < 1.29 is 60.3 Å². The van der Waals surface area contributed by atoms with Crippen LogP contribution in [0, 0.1) is 35.0 Å². The summed E-state index contributed by atoms with van der Waals surface area (Å²) in [6.07, 6.45) is 1.82. The van der Waals surface area contributed by atoms with Gasteiger partial charge in [0.1, 0.15) is 12.1 Å². The molecule has 62 heavy (non-hydrogen) atoms. The van der Waals surface area contributed by atoms with Crippen LogP contribution < -0.4 is 42.4 Å². The monoisotopic (exact) mass is 874 g/mol. The maximum absolute atomic E-state index is 13.9. The van der Waals surface area contributed by atoms with Crippen LogP contribution >= 0.6 is 0 Å². The first kappa shape index (κ1) is 48.0. The standard InChI is InChI=1S/C41H47F5N8O8/c42-32-33(43)35(45)37(36(46)34(32)44)62-40(60)26-14-18-54(19-15-26)17-5-9-30(56)49-22-31(57)53-28(8-4-16-48-41(47)61)39(59)52-27-12-10-25(11-13-27)21-50-38(58)29(51-23-55)20-24-6-2-1-3-7-24/h1-3,6-7,10-13,23,26,28-29H,4-5,8-9,14-22H2,(H,49,56)(H,50,58)(H,51,55)(H,52,59)(H,53,57)(H3,47,48,61). The summed E-state index contributed by atoms with van der Waals surface area (Å²) in [6.45, 7) is 0.856. The zero-order valence-electron chi connectivity index (χ0n) is 33.4. The Morgan fingerprint density at radius 2 is 1.40 bits per heavy atom. The van der Waals surface area contributed by atoms with Crippen LogP contribution in [0.5, 0.6) is 5.75 Å². The third kappa shape index (κ3) is 14.8. The predicted octanol–water partition coefficient (Wildman–Crippen LogP) is 2.44. The summed E-state index contributed by atoms with van der Waals surface area (Å²) < 4.78 is 72.7. The summed E-state index contributed by atoms with van der Waals surface area (Å²) in [4.78, 5) is 88.0. The van der Waals surface area contributed by atoms with Gasteiger partial charge >= 0.3 is 12.0 Å². The minimum atomic E-state index is -2.37. The number of likely N-dealkylation sites (tertiary alicyclic amines) is 1. The first-order chi connectivity index (χ1) is 29.7. The van der Waals surface area contributed by atoms with Crippen LogP contribution in [-0.2, 0) is 41.7 Å². The number of rotatable bonds is 22. The molecule has 0 saturated carbocycles. The van der Waals surface area contributed by atoms with Crippen LogP contribution in [0.25, 0.3) is 0 Å². The van der Waals surface area contributed by atoms with Gasteiger partial charge in [-0.05, 0) is 75.0 Å². The largest absolute Gasteiger partial charge is 0.420 e. The second-order valence-electron chi connectivity index (χ2n) is 14.3. The molecule has 2 unspecified atom stereocenters. The fourth-order valence-electron chi connectivity index (χ4n) is 6.42. The Morgan fingerprint density at radius 3 is 2.03 bits per heavy atom. The number of hydrogen-bond acceptors (Lipinski definition) is 9. The van der Waals surface area contributed by atoms with Crippen LogP contribution in [0.3, 0.4) is 0 Å². The third-order valence-electron chi connectivity index (χ3n) is 9.79. The van der Waals surface area contributed by atoms with E-state index in [1.807, 2.05) is 35.2 Å². The molecule has 8 N–H and O–H groups in total. The maximum atomic E-state index is 13.9. The molecule has 16 nitrogen and oxygen atoms in total. The number of nitrogens with one attached hydrogen (secondary N) is 6. The Kier molecular flexibility index (Phi) is 18.6. The quantitative estimate of drug-likeness (QED) is 0.0149. The van der Waals surface area contributed by atoms with Crippen molar-refractivity contribution in [3.05, 3.63) is 94.8 Å². The number of amides is 7. The minimum absolute atomic E-state index is 0.0157. The zero-order valence-corrected chi connectivity index (χ0v) is 33.4. The van der Waals surface area contributed by atoms with Crippen LogP contribution in [-0.4, -0.2) is 91.7 Å². The topological polar surface area (TPSA) is 230 Å². The number of piperidine rings is 1. The highest BCUT2D eigenvalue weighted by Gasteiger charge is 2.32. The number of carbonyl (C=O) groups excluding carboxylic acids is 7. The smallest absolute Gasteiger partial charge is 0.314 e. The van der Waals surface area contributed by atoms with E-state index in [0.717, 1.165) is 5.56 Å². The molecule has 1 heterocycles. The van der Waals surface area contributed by atoms with Gasteiger partial charge in [-0.1, -0.05) is 42.5 Å². The lowest BCUT2D eigenvalue weighted by atomic mass is 9.97. The van der Waals surface area contributed by atoms with Crippen molar-refractivity contribution in [3.8, 4) is 5.75 Å². The van der Waals surface area contributed by atoms with Crippen molar-refractivity contribution in [2.24, 2.45) is 11.7 Å². The van der Waals surface area contributed by atoms with Crippen molar-refractivity contribution in [1.82, 2.24) is 31.5 Å². The van der Waals surface area contributed by atoms with E-state index in [1.165, 1.54) is 0 Å². The number of hydrogen-bond donors (Lipinski definition) is 7. The summed E-state index contributed by atoms with van der Waals surface area (Å²) in [6, 6.07) is 13.1. The van der Waals surface area contributed by atoms with E-state index in [0.29, 0.717) is 50.1 Å². The highest BCUT2D eigenvalue weighted by Crippen LogP contribution is 2.31. The predicted molar refractivity (Wildman–Crippen MR) is 212 cm³/mol. The van der Waals surface area contributed by atoms with Crippen LogP contribution in [0.2, 0.25) is 0 Å². The molecule has 1 aliphatic heterocycles. The fourth-order valence-corrected chi connectivity index (χ4v) is 6.42. The van der Waals surface area contributed by atoms with Crippen molar-refractivity contribution in [1.29, 1.82) is 0 Å². The number of nitrogens with two attached hydrogens (primary N) is 1. The van der Waals surface area contributed by atoms with Gasteiger partial charge < -0.3 is 47.3 Å². The van der Waals surface area contributed by atoms with Crippen LogP contribution in [0.1, 0.15) is 49.7 Å². The molecule has 0 bridgehead atoms. The molecular weight excluding hydrogens is 827 g/mol. The van der Waals surface area contributed by atoms with Gasteiger partial charge in [0.2, 0.25) is 64.9 Å². The number of benzene rings is 3. The summed E-state index contributed by atoms with van der Waals surface area (Å²) in [5.41, 5.74) is 7.06. The Morgan fingerprint density at radius 1 is 0.758 bits per heavy atom. The maximum Gasteiger partial charge on any atom is 0.314 e. The average molecular weight is 875 g/mol. The molecule has 7 amide bonds. The summed E-state index contributed by atoms with van der Waals surface area (Å²) in [5, 5.41) is 15.5. The SMILES string of the molecule is NC(=O)NCCCC(NC(=O)CNC(=O)CCCN1CCC(C(=O)Oc2c(F)c(F)c(F)c(F)c2F)CC1)C(=O)Nc1ccc(CNC(=O)C(Cc2ccccc2)NC=O)cc1. The molecule has 0 aliphatic carbocycles. The van der Waals surface area contributed by atoms with Gasteiger partial charge in [-0.3, -0.25) is 28.8 Å². The van der Waals surface area contributed by atoms with E-state index in [9.17, 15) is 55.5 Å². The molecule has 0 spiro atoms. The van der Waals surface area contributed by atoms with Gasteiger partial charge in [-0.15, -0.1) is 0 Å². The van der Waals surface area contributed by atoms with Gasteiger partial charge in [0, 0.05) is 31.6 Å². The number of esters is 1. The number of urea groups is 1. The number of halogens is 5. The van der Waals surface area contributed by atoms with Crippen molar-refractivity contribution in [2.75, 3.05) is 38.0 Å². The van der Waals surface area contributed by atoms with Gasteiger partial charge in [0.25, 0.3) is 0 Å². The molecular formula is C41H47F5N8O8. The molecule has 0 aromatic heterocycles. The summed E-state index contributed by atoms with van der Waals surface area (Å²) in [7, 11) is 0. The Labute approximate surface area is 352 Å². The Bertz CT molecular complexity index is 2030. The fraction of sp³-hybridized carbons (Fsp3) is 0.390. The number of anilines is 1. The highest BCUT2D eigenvalue weighted by atomic mass is 19.2. The number of ether oxygens (including phenoxy) is 1. The first-order valence-corrected chi connectivity index (χ1v) is 19.6. The van der Waals surface area contributed by atoms with Crippen LogP contribution in [0.4, 0.5) is 32.4 Å². The molecule has 3 aromatic rings. The molecule has 0 radical (unpaired) electrons. The second-order valence-corrected chi connectivity index (χ2v) is 14.3. The lowest BCUT2D eigenvalue weighted by molar-refractivity contribution is -0.141. The van der Waals surface area contributed by atoms with Gasteiger partial charge in [0.05, 0.1) is 12.5 Å². The summed E-state index contributed by atoms with van der Waals surface area (Å²) >= 11 is 0. The molecule has 1 saturated heterocycles. The minimum Gasteiger partial charge on any atom is -0.420 e. The van der Waals surface area contributed by atoms with Crippen molar-refractivity contribution in [3.63, 3.8) is 0 Å². The molecule has 21 heteroatoms. The Balaban J connectivity index is 1.19. The average Bonchev–Trinajstić information content (AvgIpc) is 3.26. The highest BCUT2D eigenvalue weighted by molar-refractivity contribution is 5.97. The van der Waals surface area contributed by atoms with E-state index < -0.39 is 89.1 Å². The lowest BCUT2D eigenvalue weighted by Crippen LogP contribution is -2.47. The van der Waals surface area contributed by atoms with Crippen molar-refractivity contribution >= 4 is 47.7 Å². The zero-order chi connectivity index (χ0) is 45.2. The summed E-state index contributed by atoms with van der Waals surface area (Å²) in [5.74, 6) is -17.1. The van der Waals surface area contributed by atoms with Gasteiger partial charge in [0.15, 0.2) is 0 Å².